The topological polar surface area (TPSA) is 69.4 Å². The lowest BCUT2D eigenvalue weighted by Gasteiger charge is -2.08. The van der Waals surface area contributed by atoms with Crippen molar-refractivity contribution in [2.75, 3.05) is 0 Å². The maximum Gasteiger partial charge on any atom is 0.312 e. The van der Waals surface area contributed by atoms with Crippen molar-refractivity contribution in [3.63, 3.8) is 0 Å². The number of carbonyl (C=O) groups is 1. The van der Waals surface area contributed by atoms with E-state index in [0.29, 0.717) is 16.3 Å². The molecule has 0 aliphatic heterocycles. The Morgan fingerprint density at radius 1 is 1.05 bits per heavy atom. The summed E-state index contributed by atoms with van der Waals surface area (Å²) in [4.78, 5) is 21.5. The minimum absolute atomic E-state index is 0.0728. The van der Waals surface area contributed by atoms with Gasteiger partial charge in [-0.15, -0.1) is 0 Å². The number of halogens is 2. The van der Waals surface area contributed by atoms with Gasteiger partial charge in [-0.05, 0) is 30.3 Å². The predicted molar refractivity (Wildman–Crippen MR) is 80.4 cm³/mol. The largest absolute Gasteiger partial charge is 0.449 e. The van der Waals surface area contributed by atoms with Gasteiger partial charge in [-0.3, -0.25) is 14.9 Å². The Morgan fingerprint density at radius 3 is 2.25 bits per heavy atom. The molecule has 0 bridgehead atoms. The summed E-state index contributed by atoms with van der Waals surface area (Å²) in [6.07, 6.45) is 0.630. The third kappa shape index (κ3) is 3.23. The minimum atomic E-state index is -0.542. The second-order valence-electron chi connectivity index (χ2n) is 3.77. The molecule has 0 atom stereocenters. The number of nitro groups is 1. The molecule has 0 unspecified atom stereocenters. The SMILES string of the molecule is O=Cc1cc(Br)ccc1Oc1ccc(Br)cc1[N+](=O)[O-]. The van der Waals surface area contributed by atoms with Gasteiger partial charge in [0, 0.05) is 15.0 Å². The molecular weight excluding hydrogens is 394 g/mol. The quantitative estimate of drug-likeness (QED) is 0.422. The van der Waals surface area contributed by atoms with E-state index in [0.717, 1.165) is 4.47 Å². The van der Waals surface area contributed by atoms with Crippen LogP contribution in [0, 0.1) is 10.1 Å². The summed E-state index contributed by atoms with van der Waals surface area (Å²) < 4.78 is 6.78. The number of aldehydes is 1. The summed E-state index contributed by atoms with van der Waals surface area (Å²) in [5, 5.41) is 11.0. The fourth-order valence-corrected chi connectivity index (χ4v) is 2.27. The molecule has 0 aliphatic rings. The molecule has 5 nitrogen and oxygen atoms in total. The zero-order chi connectivity index (χ0) is 14.7. The van der Waals surface area contributed by atoms with Crippen molar-refractivity contribution < 1.29 is 14.5 Å². The molecule has 0 fully saturated rings. The molecule has 0 N–H and O–H groups in total. The first-order valence-corrected chi connectivity index (χ1v) is 6.96. The van der Waals surface area contributed by atoms with Gasteiger partial charge in [0.05, 0.1) is 10.5 Å². The van der Waals surface area contributed by atoms with Gasteiger partial charge in [0.2, 0.25) is 5.75 Å². The van der Waals surface area contributed by atoms with Crippen molar-refractivity contribution in [2.24, 2.45) is 0 Å². The van der Waals surface area contributed by atoms with Crippen LogP contribution in [0.5, 0.6) is 11.5 Å². The number of hydrogen-bond donors (Lipinski definition) is 0. The average Bonchev–Trinajstić information content (AvgIpc) is 2.42. The molecular formula is C13H7Br2NO4. The summed E-state index contributed by atoms with van der Waals surface area (Å²) in [5.41, 5.74) is 0.121. The molecule has 0 heterocycles. The van der Waals surface area contributed by atoms with E-state index in [1.54, 1.807) is 24.3 Å². The molecule has 20 heavy (non-hydrogen) atoms. The lowest BCUT2D eigenvalue weighted by Crippen LogP contribution is -1.95. The Kier molecular flexibility index (Phi) is 4.51. The van der Waals surface area contributed by atoms with Crippen molar-refractivity contribution in [1.82, 2.24) is 0 Å². The summed E-state index contributed by atoms with van der Waals surface area (Å²) in [6, 6.07) is 9.27. The van der Waals surface area contributed by atoms with E-state index < -0.39 is 4.92 Å². The van der Waals surface area contributed by atoms with Crippen LogP contribution in [0.4, 0.5) is 5.69 Å². The van der Waals surface area contributed by atoms with Crippen LogP contribution in [-0.4, -0.2) is 11.2 Å². The number of hydrogen-bond acceptors (Lipinski definition) is 4. The number of carbonyl (C=O) groups excluding carboxylic acids is 1. The van der Waals surface area contributed by atoms with Gasteiger partial charge >= 0.3 is 5.69 Å². The van der Waals surface area contributed by atoms with E-state index in [9.17, 15) is 14.9 Å². The molecule has 0 aliphatic carbocycles. The molecule has 0 saturated carbocycles. The van der Waals surface area contributed by atoms with E-state index in [2.05, 4.69) is 31.9 Å². The highest BCUT2D eigenvalue weighted by molar-refractivity contribution is 9.10. The normalized spacial score (nSPS) is 10.1. The Balaban J connectivity index is 2.45. The van der Waals surface area contributed by atoms with Gasteiger partial charge in [-0.25, -0.2) is 0 Å². The van der Waals surface area contributed by atoms with Crippen LogP contribution in [0.3, 0.4) is 0 Å². The highest BCUT2D eigenvalue weighted by atomic mass is 79.9. The summed E-state index contributed by atoms with van der Waals surface area (Å²) in [7, 11) is 0. The lowest BCUT2D eigenvalue weighted by atomic mass is 10.2. The van der Waals surface area contributed by atoms with Crippen molar-refractivity contribution in [2.45, 2.75) is 0 Å². The molecule has 2 aromatic rings. The third-order valence-electron chi connectivity index (χ3n) is 2.44. The first-order valence-electron chi connectivity index (χ1n) is 5.38. The van der Waals surface area contributed by atoms with Crippen molar-refractivity contribution >= 4 is 43.8 Å². The van der Waals surface area contributed by atoms with Crippen LogP contribution in [0.2, 0.25) is 0 Å². The molecule has 0 spiro atoms. The average molecular weight is 401 g/mol. The van der Waals surface area contributed by atoms with Crippen LogP contribution in [0.1, 0.15) is 10.4 Å². The number of ether oxygens (including phenoxy) is 1. The van der Waals surface area contributed by atoms with E-state index in [1.807, 2.05) is 0 Å². The van der Waals surface area contributed by atoms with Crippen molar-refractivity contribution in [3.8, 4) is 11.5 Å². The second-order valence-corrected chi connectivity index (χ2v) is 5.60. The van der Waals surface area contributed by atoms with Crippen molar-refractivity contribution in [1.29, 1.82) is 0 Å². The van der Waals surface area contributed by atoms with Gasteiger partial charge in [0.1, 0.15) is 5.75 Å². The maximum absolute atomic E-state index is 11.0. The second kappa shape index (κ2) is 6.15. The van der Waals surface area contributed by atoms with Gasteiger partial charge in [0.25, 0.3) is 0 Å². The summed E-state index contributed by atoms with van der Waals surface area (Å²) >= 11 is 6.41. The Morgan fingerprint density at radius 2 is 1.65 bits per heavy atom. The monoisotopic (exact) mass is 399 g/mol. The molecule has 102 valence electrons. The first-order chi connectivity index (χ1) is 9.51. The first kappa shape index (κ1) is 14.7. The fraction of sp³-hybridized carbons (Fsp3) is 0. The van der Waals surface area contributed by atoms with E-state index in [1.165, 1.54) is 12.1 Å². The highest BCUT2D eigenvalue weighted by Gasteiger charge is 2.17. The molecule has 7 heteroatoms. The molecule has 0 radical (unpaired) electrons. The van der Waals surface area contributed by atoms with Crippen LogP contribution in [-0.2, 0) is 0 Å². The molecule has 0 saturated heterocycles. The smallest absolute Gasteiger partial charge is 0.312 e. The van der Waals surface area contributed by atoms with Crippen LogP contribution in [0.25, 0.3) is 0 Å². The number of rotatable bonds is 4. The van der Waals surface area contributed by atoms with E-state index >= 15 is 0 Å². The fourth-order valence-electron chi connectivity index (χ4n) is 1.54. The summed E-state index contributed by atoms with van der Waals surface area (Å²) in [6.45, 7) is 0. The molecule has 2 rings (SSSR count). The van der Waals surface area contributed by atoms with Crippen LogP contribution >= 0.6 is 31.9 Å². The molecule has 2 aromatic carbocycles. The molecule has 0 aromatic heterocycles. The van der Waals surface area contributed by atoms with Gasteiger partial charge in [-0.2, -0.15) is 0 Å². The zero-order valence-electron chi connectivity index (χ0n) is 9.88. The van der Waals surface area contributed by atoms with E-state index in [4.69, 9.17) is 4.74 Å². The number of benzene rings is 2. The van der Waals surface area contributed by atoms with Gasteiger partial charge in [-0.1, -0.05) is 31.9 Å². The Labute approximate surface area is 131 Å². The summed E-state index contributed by atoms with van der Waals surface area (Å²) in [5.74, 6) is 0.331. The van der Waals surface area contributed by atoms with Crippen LogP contribution in [0.15, 0.2) is 45.3 Å². The van der Waals surface area contributed by atoms with Gasteiger partial charge < -0.3 is 4.74 Å². The predicted octanol–water partition coefficient (Wildman–Crippen LogP) is 4.72. The Bertz CT molecular complexity index is 688. The molecule has 0 amide bonds. The lowest BCUT2D eigenvalue weighted by molar-refractivity contribution is -0.385. The maximum atomic E-state index is 11.0. The van der Waals surface area contributed by atoms with Gasteiger partial charge in [0.15, 0.2) is 6.29 Å². The number of nitrogens with zero attached hydrogens (tertiary/aromatic N) is 1. The highest BCUT2D eigenvalue weighted by Crippen LogP contribution is 2.35. The number of nitro benzene ring substituents is 1. The Hall–Kier alpha value is -1.73. The van der Waals surface area contributed by atoms with Crippen molar-refractivity contribution in [3.05, 3.63) is 61.0 Å². The standard InChI is InChI=1S/C13H7Br2NO4/c14-9-1-3-12(8(5-9)7-17)20-13-4-2-10(15)6-11(13)16(18)19/h1-7H. The van der Waals surface area contributed by atoms with Crippen LogP contribution < -0.4 is 4.74 Å². The minimum Gasteiger partial charge on any atom is -0.449 e. The third-order valence-corrected chi connectivity index (χ3v) is 3.42. The zero-order valence-corrected chi connectivity index (χ0v) is 13.0. The van der Waals surface area contributed by atoms with E-state index in [-0.39, 0.29) is 17.2 Å².